The maximum absolute atomic E-state index is 5.50. The Morgan fingerprint density at radius 3 is 2.85 bits per heavy atom. The van der Waals surface area contributed by atoms with Crippen molar-refractivity contribution >= 4 is 5.96 Å². The van der Waals surface area contributed by atoms with E-state index in [4.69, 9.17) is 4.42 Å². The molecule has 0 fully saturated rings. The van der Waals surface area contributed by atoms with Gasteiger partial charge in [-0.2, -0.15) is 0 Å². The van der Waals surface area contributed by atoms with Crippen LogP contribution in [0.2, 0.25) is 0 Å². The number of hydrogen-bond donors (Lipinski definition) is 2. The van der Waals surface area contributed by atoms with E-state index in [1.807, 2.05) is 24.6 Å². The highest BCUT2D eigenvalue weighted by atomic mass is 16.4. The molecule has 0 saturated carbocycles. The second-order valence-corrected chi connectivity index (χ2v) is 4.40. The number of imidazole rings is 1. The third-order valence-corrected chi connectivity index (χ3v) is 2.93. The molecule has 0 amide bonds. The first kappa shape index (κ1) is 14.1. The van der Waals surface area contributed by atoms with Gasteiger partial charge < -0.3 is 19.6 Å². The lowest BCUT2D eigenvalue weighted by molar-refractivity contribution is 0.463. The molecule has 2 rings (SSSR count). The molecule has 7 nitrogen and oxygen atoms in total. The molecule has 0 aliphatic heterocycles. The second-order valence-electron chi connectivity index (χ2n) is 4.40. The highest BCUT2D eigenvalue weighted by Gasteiger charge is 2.06. The minimum absolute atomic E-state index is 0.513. The first-order chi connectivity index (χ1) is 9.69. The van der Waals surface area contributed by atoms with Crippen LogP contribution in [0.1, 0.15) is 17.3 Å². The van der Waals surface area contributed by atoms with Crippen LogP contribution < -0.4 is 10.6 Å². The Hall–Kier alpha value is -2.31. The maximum Gasteiger partial charge on any atom is 0.214 e. The number of guanidine groups is 1. The van der Waals surface area contributed by atoms with Crippen molar-refractivity contribution in [3.63, 3.8) is 0 Å². The fourth-order valence-corrected chi connectivity index (χ4v) is 1.72. The van der Waals surface area contributed by atoms with Crippen LogP contribution in [0, 0.1) is 13.8 Å². The highest BCUT2D eigenvalue weighted by molar-refractivity contribution is 5.79. The lowest BCUT2D eigenvalue weighted by Crippen LogP contribution is -2.38. The van der Waals surface area contributed by atoms with Gasteiger partial charge in [-0.25, -0.2) is 9.97 Å². The van der Waals surface area contributed by atoms with Crippen molar-refractivity contribution in [2.75, 3.05) is 13.6 Å². The Bertz CT molecular complexity index is 538. The molecule has 2 heterocycles. The van der Waals surface area contributed by atoms with Crippen molar-refractivity contribution in [3.8, 4) is 0 Å². The molecule has 0 saturated heterocycles. The van der Waals surface area contributed by atoms with E-state index in [1.54, 1.807) is 19.6 Å². The van der Waals surface area contributed by atoms with Crippen LogP contribution in [0.5, 0.6) is 0 Å². The van der Waals surface area contributed by atoms with Gasteiger partial charge in [0, 0.05) is 32.5 Å². The predicted molar refractivity (Wildman–Crippen MR) is 76.4 cm³/mol. The molecule has 0 unspecified atom stereocenters. The largest absolute Gasteiger partial charge is 0.444 e. The van der Waals surface area contributed by atoms with Gasteiger partial charge in [-0.1, -0.05) is 0 Å². The number of rotatable bonds is 5. The maximum atomic E-state index is 5.50. The van der Waals surface area contributed by atoms with Gasteiger partial charge in [0.05, 0.1) is 18.6 Å². The van der Waals surface area contributed by atoms with Gasteiger partial charge in [0.1, 0.15) is 5.76 Å². The fourth-order valence-electron chi connectivity index (χ4n) is 1.72. The summed E-state index contributed by atoms with van der Waals surface area (Å²) >= 11 is 0. The minimum Gasteiger partial charge on any atom is -0.444 e. The standard InChI is InChI=1S/C13H20N6O/c1-10-11(2)20-12(18-10)8-17-13(14-3)16-5-7-19-6-4-15-9-19/h4,6,9H,5,7-8H2,1-3H3,(H2,14,16,17). The average molecular weight is 276 g/mol. The Labute approximate surface area is 118 Å². The first-order valence-electron chi connectivity index (χ1n) is 6.52. The third-order valence-electron chi connectivity index (χ3n) is 2.93. The van der Waals surface area contributed by atoms with Crippen LogP contribution in [0.3, 0.4) is 0 Å². The molecule has 7 heteroatoms. The number of oxazole rings is 1. The van der Waals surface area contributed by atoms with E-state index >= 15 is 0 Å². The van der Waals surface area contributed by atoms with Crippen molar-refractivity contribution in [1.82, 2.24) is 25.2 Å². The first-order valence-corrected chi connectivity index (χ1v) is 6.52. The average Bonchev–Trinajstić information content (AvgIpc) is 3.05. The molecular weight excluding hydrogens is 256 g/mol. The lowest BCUT2D eigenvalue weighted by atomic mass is 10.4. The van der Waals surface area contributed by atoms with Gasteiger partial charge in [-0.15, -0.1) is 0 Å². The number of aromatic nitrogens is 3. The Kier molecular flexibility index (Phi) is 4.75. The number of hydrogen-bond acceptors (Lipinski definition) is 4. The van der Waals surface area contributed by atoms with E-state index < -0.39 is 0 Å². The molecule has 2 aromatic rings. The van der Waals surface area contributed by atoms with Gasteiger partial charge in [0.15, 0.2) is 5.96 Å². The van der Waals surface area contributed by atoms with Gasteiger partial charge in [-0.3, -0.25) is 4.99 Å². The van der Waals surface area contributed by atoms with Crippen molar-refractivity contribution in [2.24, 2.45) is 4.99 Å². The zero-order valence-electron chi connectivity index (χ0n) is 12.1. The van der Waals surface area contributed by atoms with E-state index in [0.29, 0.717) is 12.4 Å². The van der Waals surface area contributed by atoms with Gasteiger partial charge in [0.25, 0.3) is 0 Å². The van der Waals surface area contributed by atoms with E-state index in [9.17, 15) is 0 Å². The Morgan fingerprint density at radius 2 is 2.25 bits per heavy atom. The van der Waals surface area contributed by atoms with Crippen molar-refractivity contribution in [2.45, 2.75) is 26.9 Å². The van der Waals surface area contributed by atoms with E-state index in [-0.39, 0.29) is 0 Å². The molecule has 2 aromatic heterocycles. The summed E-state index contributed by atoms with van der Waals surface area (Å²) in [5.74, 6) is 2.24. The molecule has 0 aliphatic rings. The number of aliphatic imine (C=N–C) groups is 1. The van der Waals surface area contributed by atoms with Crippen molar-refractivity contribution in [3.05, 3.63) is 36.1 Å². The quantitative estimate of drug-likeness (QED) is 0.625. The summed E-state index contributed by atoms with van der Waals surface area (Å²) in [5, 5.41) is 6.38. The molecule has 0 spiro atoms. The summed E-state index contributed by atoms with van der Waals surface area (Å²) in [6, 6.07) is 0. The molecular formula is C13H20N6O. The number of aryl methyl sites for hydroxylation is 2. The summed E-state index contributed by atoms with van der Waals surface area (Å²) in [7, 11) is 1.73. The SMILES string of the molecule is CN=C(NCCn1ccnc1)NCc1nc(C)c(C)o1. The van der Waals surface area contributed by atoms with E-state index in [0.717, 1.165) is 30.5 Å². The van der Waals surface area contributed by atoms with Crippen LogP contribution in [0.4, 0.5) is 0 Å². The summed E-state index contributed by atoms with van der Waals surface area (Å²) in [5.41, 5.74) is 0.921. The molecule has 0 radical (unpaired) electrons. The number of nitrogens with one attached hydrogen (secondary N) is 2. The number of nitrogens with zero attached hydrogens (tertiary/aromatic N) is 4. The smallest absolute Gasteiger partial charge is 0.214 e. The molecule has 0 bridgehead atoms. The summed E-state index contributed by atoms with van der Waals surface area (Å²) in [6.45, 7) is 5.95. The van der Waals surface area contributed by atoms with Crippen LogP contribution >= 0.6 is 0 Å². The predicted octanol–water partition coefficient (Wildman–Crippen LogP) is 0.853. The van der Waals surface area contributed by atoms with Crippen molar-refractivity contribution in [1.29, 1.82) is 0 Å². The second kappa shape index (κ2) is 6.74. The summed E-state index contributed by atoms with van der Waals surface area (Å²) in [4.78, 5) is 12.5. The summed E-state index contributed by atoms with van der Waals surface area (Å²) < 4.78 is 7.50. The minimum atomic E-state index is 0.513. The van der Waals surface area contributed by atoms with Crippen LogP contribution in [-0.2, 0) is 13.1 Å². The van der Waals surface area contributed by atoms with Gasteiger partial charge in [0.2, 0.25) is 5.89 Å². The zero-order valence-corrected chi connectivity index (χ0v) is 12.1. The normalized spacial score (nSPS) is 11.7. The van der Waals surface area contributed by atoms with Gasteiger partial charge >= 0.3 is 0 Å². The van der Waals surface area contributed by atoms with Gasteiger partial charge in [-0.05, 0) is 13.8 Å². The van der Waals surface area contributed by atoms with Crippen molar-refractivity contribution < 1.29 is 4.42 Å². The Balaban J connectivity index is 1.75. The zero-order chi connectivity index (χ0) is 14.4. The monoisotopic (exact) mass is 276 g/mol. The fraction of sp³-hybridized carbons (Fsp3) is 0.462. The van der Waals surface area contributed by atoms with Crippen LogP contribution in [-0.4, -0.2) is 34.1 Å². The van der Waals surface area contributed by atoms with Crippen LogP contribution in [0.25, 0.3) is 0 Å². The molecule has 0 aliphatic carbocycles. The molecule has 0 atom stereocenters. The topological polar surface area (TPSA) is 80.3 Å². The van der Waals surface area contributed by atoms with E-state index in [2.05, 4.69) is 25.6 Å². The summed E-state index contributed by atoms with van der Waals surface area (Å²) in [6.07, 6.45) is 5.48. The lowest BCUT2D eigenvalue weighted by Gasteiger charge is -2.10. The Morgan fingerprint density at radius 1 is 1.40 bits per heavy atom. The molecule has 108 valence electrons. The molecule has 2 N–H and O–H groups in total. The van der Waals surface area contributed by atoms with Crippen LogP contribution in [0.15, 0.2) is 28.1 Å². The third kappa shape index (κ3) is 3.84. The molecule has 0 aromatic carbocycles. The molecule has 20 heavy (non-hydrogen) atoms. The highest BCUT2D eigenvalue weighted by Crippen LogP contribution is 2.07. The van der Waals surface area contributed by atoms with E-state index in [1.165, 1.54) is 0 Å².